The summed E-state index contributed by atoms with van der Waals surface area (Å²) in [5.74, 6) is -0.232. The zero-order valence-electron chi connectivity index (χ0n) is 6.29. The molecule has 0 spiro atoms. The SMILES string of the molecule is CC[C@@H](N)CC(=O)OC.Cl. The summed E-state index contributed by atoms with van der Waals surface area (Å²) < 4.78 is 4.40. The summed E-state index contributed by atoms with van der Waals surface area (Å²) in [7, 11) is 1.37. The number of esters is 1. The third kappa shape index (κ3) is 5.85. The fraction of sp³-hybridized carbons (Fsp3) is 0.833. The molecule has 0 aromatic rings. The van der Waals surface area contributed by atoms with Gasteiger partial charge in [0, 0.05) is 6.04 Å². The molecule has 0 bridgehead atoms. The molecule has 0 rings (SSSR count). The van der Waals surface area contributed by atoms with Gasteiger partial charge in [0.25, 0.3) is 0 Å². The minimum absolute atomic E-state index is 0. The van der Waals surface area contributed by atoms with E-state index in [2.05, 4.69) is 4.74 Å². The summed E-state index contributed by atoms with van der Waals surface area (Å²) in [6.45, 7) is 1.94. The second-order valence-electron chi connectivity index (χ2n) is 1.95. The highest BCUT2D eigenvalue weighted by Gasteiger charge is 2.05. The van der Waals surface area contributed by atoms with E-state index in [0.717, 1.165) is 6.42 Å². The molecule has 0 fully saturated rings. The van der Waals surface area contributed by atoms with Gasteiger partial charge in [0.1, 0.15) is 0 Å². The predicted octanol–water partition coefficient (Wildman–Crippen LogP) is 0.709. The minimum Gasteiger partial charge on any atom is -0.469 e. The van der Waals surface area contributed by atoms with E-state index in [4.69, 9.17) is 5.73 Å². The van der Waals surface area contributed by atoms with Gasteiger partial charge in [-0.2, -0.15) is 0 Å². The molecule has 3 nitrogen and oxygen atoms in total. The van der Waals surface area contributed by atoms with Crippen LogP contribution < -0.4 is 5.73 Å². The van der Waals surface area contributed by atoms with E-state index in [1.807, 2.05) is 6.92 Å². The summed E-state index contributed by atoms with van der Waals surface area (Å²) in [4.78, 5) is 10.5. The van der Waals surface area contributed by atoms with Crippen LogP contribution in [0.15, 0.2) is 0 Å². The molecule has 0 heterocycles. The highest BCUT2D eigenvalue weighted by Crippen LogP contribution is 1.93. The number of rotatable bonds is 3. The Morgan fingerprint density at radius 3 is 2.50 bits per heavy atom. The van der Waals surface area contributed by atoms with E-state index in [0.29, 0.717) is 6.42 Å². The molecule has 0 radical (unpaired) electrons. The number of carbonyl (C=O) groups excluding carboxylic acids is 1. The maximum atomic E-state index is 10.5. The fourth-order valence-corrected chi connectivity index (χ4v) is 0.442. The molecule has 4 heteroatoms. The van der Waals surface area contributed by atoms with Gasteiger partial charge in [0.15, 0.2) is 0 Å². The van der Waals surface area contributed by atoms with Crippen LogP contribution in [0, 0.1) is 0 Å². The molecular weight excluding hydrogens is 154 g/mol. The van der Waals surface area contributed by atoms with Crippen molar-refractivity contribution < 1.29 is 9.53 Å². The van der Waals surface area contributed by atoms with Crippen LogP contribution in [0.5, 0.6) is 0 Å². The zero-order chi connectivity index (χ0) is 7.28. The quantitative estimate of drug-likeness (QED) is 0.630. The van der Waals surface area contributed by atoms with Crippen molar-refractivity contribution in [2.45, 2.75) is 25.8 Å². The average molecular weight is 168 g/mol. The maximum absolute atomic E-state index is 10.5. The van der Waals surface area contributed by atoms with Crippen LogP contribution >= 0.6 is 12.4 Å². The van der Waals surface area contributed by atoms with Crippen molar-refractivity contribution in [3.63, 3.8) is 0 Å². The summed E-state index contributed by atoms with van der Waals surface area (Å²) in [5.41, 5.74) is 5.45. The molecule has 0 saturated carbocycles. The monoisotopic (exact) mass is 167 g/mol. The van der Waals surface area contributed by atoms with Gasteiger partial charge in [-0.25, -0.2) is 0 Å². The normalized spacial score (nSPS) is 11.5. The Kier molecular flexibility index (Phi) is 8.48. The van der Waals surface area contributed by atoms with Gasteiger partial charge in [-0.3, -0.25) is 4.79 Å². The fourth-order valence-electron chi connectivity index (χ4n) is 0.442. The molecule has 10 heavy (non-hydrogen) atoms. The lowest BCUT2D eigenvalue weighted by Crippen LogP contribution is -2.23. The number of hydrogen-bond donors (Lipinski definition) is 1. The van der Waals surface area contributed by atoms with Crippen molar-refractivity contribution in [1.82, 2.24) is 0 Å². The first kappa shape index (κ1) is 12.4. The lowest BCUT2D eigenvalue weighted by Gasteiger charge is -2.04. The van der Waals surface area contributed by atoms with Gasteiger partial charge >= 0.3 is 5.97 Å². The van der Waals surface area contributed by atoms with E-state index in [9.17, 15) is 4.79 Å². The van der Waals surface area contributed by atoms with Crippen LogP contribution in [0.2, 0.25) is 0 Å². The molecule has 0 amide bonds. The standard InChI is InChI=1S/C6H13NO2.ClH/c1-3-5(7)4-6(8)9-2;/h5H,3-4,7H2,1-2H3;1H/t5-;/m1./s1. The van der Waals surface area contributed by atoms with Crippen molar-refractivity contribution in [2.24, 2.45) is 5.73 Å². The average Bonchev–Trinajstić information content (AvgIpc) is 1.87. The van der Waals surface area contributed by atoms with Gasteiger partial charge < -0.3 is 10.5 Å². The van der Waals surface area contributed by atoms with Crippen LogP contribution in [0.25, 0.3) is 0 Å². The Balaban J connectivity index is 0. The van der Waals surface area contributed by atoms with E-state index >= 15 is 0 Å². The Labute approximate surface area is 67.3 Å². The molecule has 0 aliphatic rings. The summed E-state index contributed by atoms with van der Waals surface area (Å²) in [5, 5.41) is 0. The smallest absolute Gasteiger partial charge is 0.307 e. The topological polar surface area (TPSA) is 52.3 Å². The highest BCUT2D eigenvalue weighted by atomic mass is 35.5. The molecule has 0 unspecified atom stereocenters. The van der Waals surface area contributed by atoms with E-state index in [-0.39, 0.29) is 24.4 Å². The summed E-state index contributed by atoms with van der Waals surface area (Å²) >= 11 is 0. The molecule has 62 valence electrons. The number of halogens is 1. The Hall–Kier alpha value is -0.280. The van der Waals surface area contributed by atoms with Crippen LogP contribution in [0.3, 0.4) is 0 Å². The zero-order valence-corrected chi connectivity index (χ0v) is 7.11. The largest absolute Gasteiger partial charge is 0.469 e. The molecular formula is C6H14ClNO2. The molecule has 0 aliphatic heterocycles. The Morgan fingerprint density at radius 1 is 1.70 bits per heavy atom. The third-order valence-electron chi connectivity index (χ3n) is 1.18. The molecule has 2 N–H and O–H groups in total. The van der Waals surface area contributed by atoms with Gasteiger partial charge in [-0.1, -0.05) is 6.92 Å². The third-order valence-corrected chi connectivity index (χ3v) is 1.18. The minimum atomic E-state index is -0.232. The van der Waals surface area contributed by atoms with Crippen molar-refractivity contribution in [3.8, 4) is 0 Å². The van der Waals surface area contributed by atoms with Gasteiger partial charge in [-0.05, 0) is 6.42 Å². The van der Waals surface area contributed by atoms with Crippen LogP contribution in [0.1, 0.15) is 19.8 Å². The van der Waals surface area contributed by atoms with Crippen molar-refractivity contribution in [2.75, 3.05) is 7.11 Å². The predicted molar refractivity (Wildman–Crippen MR) is 42.1 cm³/mol. The molecule has 0 saturated heterocycles. The number of carbonyl (C=O) groups is 1. The number of hydrogen-bond acceptors (Lipinski definition) is 3. The Bertz CT molecular complexity index is 97.7. The number of ether oxygens (including phenoxy) is 1. The summed E-state index contributed by atoms with van der Waals surface area (Å²) in [6.07, 6.45) is 1.14. The first-order valence-corrected chi connectivity index (χ1v) is 3.03. The Morgan fingerprint density at radius 2 is 2.20 bits per heavy atom. The van der Waals surface area contributed by atoms with Gasteiger partial charge in [-0.15, -0.1) is 12.4 Å². The van der Waals surface area contributed by atoms with E-state index in [1.54, 1.807) is 0 Å². The molecule has 0 aromatic heterocycles. The second kappa shape index (κ2) is 6.83. The van der Waals surface area contributed by atoms with Crippen molar-refractivity contribution in [3.05, 3.63) is 0 Å². The number of nitrogens with two attached hydrogens (primary N) is 1. The molecule has 1 atom stereocenters. The maximum Gasteiger partial charge on any atom is 0.307 e. The van der Waals surface area contributed by atoms with Crippen molar-refractivity contribution in [1.29, 1.82) is 0 Å². The lowest BCUT2D eigenvalue weighted by atomic mass is 10.2. The van der Waals surface area contributed by atoms with Crippen molar-refractivity contribution >= 4 is 18.4 Å². The molecule has 0 aliphatic carbocycles. The van der Waals surface area contributed by atoms with Crippen LogP contribution in [-0.2, 0) is 9.53 Å². The lowest BCUT2D eigenvalue weighted by molar-refractivity contribution is -0.141. The van der Waals surface area contributed by atoms with E-state index < -0.39 is 0 Å². The first-order chi connectivity index (χ1) is 4.20. The van der Waals surface area contributed by atoms with Gasteiger partial charge in [0.2, 0.25) is 0 Å². The number of methoxy groups -OCH3 is 1. The molecule has 0 aromatic carbocycles. The van der Waals surface area contributed by atoms with Gasteiger partial charge in [0.05, 0.1) is 13.5 Å². The van der Waals surface area contributed by atoms with Crippen LogP contribution in [0.4, 0.5) is 0 Å². The van der Waals surface area contributed by atoms with Crippen LogP contribution in [-0.4, -0.2) is 19.1 Å². The summed E-state index contributed by atoms with van der Waals surface area (Å²) in [6, 6.07) is -0.0440. The highest BCUT2D eigenvalue weighted by molar-refractivity contribution is 5.85. The second-order valence-corrected chi connectivity index (χ2v) is 1.95. The van der Waals surface area contributed by atoms with E-state index in [1.165, 1.54) is 7.11 Å². The first-order valence-electron chi connectivity index (χ1n) is 3.03.